The van der Waals surface area contributed by atoms with E-state index in [9.17, 15) is 15.0 Å². The van der Waals surface area contributed by atoms with Crippen LogP contribution in [-0.4, -0.2) is 85.4 Å². The summed E-state index contributed by atoms with van der Waals surface area (Å²) < 4.78 is 25.3. The molecular weight excluding hydrogens is 600 g/mol. The van der Waals surface area contributed by atoms with E-state index in [-0.39, 0.29) is 43.5 Å². The van der Waals surface area contributed by atoms with Crippen molar-refractivity contribution in [1.29, 1.82) is 0 Å². The molecule has 2 aliphatic carbocycles. The number of carbonyl (C=O) groups is 1. The minimum absolute atomic E-state index is 0.107. The lowest BCUT2D eigenvalue weighted by Gasteiger charge is -2.59. The minimum atomic E-state index is -1.29. The molecule has 0 spiro atoms. The summed E-state index contributed by atoms with van der Waals surface area (Å²) in [6.07, 6.45) is 11.2. The molecule has 0 aromatic heterocycles. The molecule has 3 aliphatic rings. The second-order valence-corrected chi connectivity index (χ2v) is 12.5. The molecular formula is C37H54N2O8. The van der Waals surface area contributed by atoms with Crippen molar-refractivity contribution in [3.05, 3.63) is 60.7 Å². The summed E-state index contributed by atoms with van der Waals surface area (Å²) in [5.74, 6) is -0.0620. The number of ether oxygens (including phenoxy) is 4. The average Bonchev–Trinajstić information content (AvgIpc) is 3.09. The Labute approximate surface area is 280 Å². The van der Waals surface area contributed by atoms with E-state index in [4.69, 9.17) is 23.8 Å². The maximum absolute atomic E-state index is 13.5. The largest absolute Gasteiger partial charge is 0.490 e. The summed E-state index contributed by atoms with van der Waals surface area (Å²) in [7, 11) is 1.39. The number of allylic oxidation sites excluding steroid dienone is 1. The molecule has 47 heavy (non-hydrogen) atoms. The topological polar surface area (TPSA) is 119 Å². The van der Waals surface area contributed by atoms with E-state index in [1.165, 1.54) is 7.11 Å². The number of nitrogens with zero attached hydrogens (tertiary/aromatic N) is 2. The van der Waals surface area contributed by atoms with Gasteiger partial charge < -0.3 is 34.0 Å². The van der Waals surface area contributed by atoms with Crippen molar-refractivity contribution in [2.75, 3.05) is 46.7 Å². The molecule has 1 saturated carbocycles. The minimum Gasteiger partial charge on any atom is -0.490 e. The summed E-state index contributed by atoms with van der Waals surface area (Å²) in [5, 5.41) is 24.1. The Morgan fingerprint density at radius 2 is 1.85 bits per heavy atom. The number of rotatable bonds is 19. The van der Waals surface area contributed by atoms with Crippen molar-refractivity contribution >= 4 is 11.8 Å². The van der Waals surface area contributed by atoms with Crippen LogP contribution in [0.1, 0.15) is 76.7 Å². The van der Waals surface area contributed by atoms with E-state index < -0.39 is 17.9 Å². The van der Waals surface area contributed by atoms with Crippen LogP contribution in [0.4, 0.5) is 4.79 Å². The Hall–Kier alpha value is -3.34. The second kappa shape index (κ2) is 17.7. The van der Waals surface area contributed by atoms with Crippen molar-refractivity contribution in [3.8, 4) is 11.5 Å². The molecule has 10 heteroatoms. The Morgan fingerprint density at radius 1 is 1.11 bits per heavy atom. The van der Waals surface area contributed by atoms with Gasteiger partial charge in [-0.1, -0.05) is 49.7 Å². The highest BCUT2D eigenvalue weighted by molar-refractivity contribution is 6.02. The monoisotopic (exact) mass is 654 g/mol. The number of hydrogen-bond acceptors (Lipinski definition) is 9. The van der Waals surface area contributed by atoms with Gasteiger partial charge in [0.1, 0.15) is 30.8 Å². The summed E-state index contributed by atoms with van der Waals surface area (Å²) in [4.78, 5) is 21.0. The zero-order valence-electron chi connectivity index (χ0n) is 28.4. The summed E-state index contributed by atoms with van der Waals surface area (Å²) in [5.41, 5.74) is 2.78. The van der Waals surface area contributed by atoms with Crippen LogP contribution >= 0.6 is 0 Å². The Balaban J connectivity index is 2.03. The Kier molecular flexibility index (Phi) is 13.8. The molecule has 0 unspecified atom stereocenters. The lowest BCUT2D eigenvalue weighted by molar-refractivity contribution is -0.255. The highest BCUT2D eigenvalue weighted by atomic mass is 16.7. The molecule has 1 fully saturated rings. The van der Waals surface area contributed by atoms with E-state index in [1.807, 2.05) is 26.0 Å². The fraction of sp³-hybridized carbons (Fsp3) is 0.622. The van der Waals surface area contributed by atoms with Crippen LogP contribution < -0.4 is 9.47 Å². The zero-order chi connectivity index (χ0) is 33.8. The zero-order valence-corrected chi connectivity index (χ0v) is 28.4. The molecule has 1 aromatic carbocycles. The first-order valence-corrected chi connectivity index (χ1v) is 17.2. The molecule has 4 rings (SSSR count). The number of aliphatic hydroxyl groups is 2. The van der Waals surface area contributed by atoms with Crippen molar-refractivity contribution in [2.45, 2.75) is 83.0 Å². The van der Waals surface area contributed by atoms with Gasteiger partial charge in [-0.2, -0.15) is 0 Å². The molecule has 6 atom stereocenters. The molecule has 1 aromatic rings. The van der Waals surface area contributed by atoms with Gasteiger partial charge in [0.05, 0.1) is 25.3 Å². The highest BCUT2D eigenvalue weighted by Crippen LogP contribution is 2.61. The number of amides is 1. The number of unbranched alkanes of at least 4 members (excludes halogenated alkanes) is 2. The van der Waals surface area contributed by atoms with Gasteiger partial charge in [0.2, 0.25) is 5.79 Å². The fourth-order valence-corrected chi connectivity index (χ4v) is 7.77. The van der Waals surface area contributed by atoms with E-state index in [2.05, 4.69) is 30.5 Å². The first kappa shape index (κ1) is 36.5. The van der Waals surface area contributed by atoms with Crippen LogP contribution in [0.2, 0.25) is 0 Å². The van der Waals surface area contributed by atoms with Crippen LogP contribution in [0.15, 0.2) is 60.3 Å². The van der Waals surface area contributed by atoms with E-state index in [1.54, 1.807) is 17.1 Å². The third kappa shape index (κ3) is 7.87. The number of fused-ring (bicyclic) bond motifs is 2. The van der Waals surface area contributed by atoms with Gasteiger partial charge in [0, 0.05) is 37.7 Å². The van der Waals surface area contributed by atoms with Gasteiger partial charge in [-0.15, -0.1) is 6.58 Å². The van der Waals surface area contributed by atoms with E-state index >= 15 is 0 Å². The number of carbonyl (C=O) groups excluding carboxylic acids is 1. The lowest BCUT2D eigenvalue weighted by atomic mass is 9.55. The van der Waals surface area contributed by atoms with Crippen LogP contribution in [-0.2, 0) is 14.3 Å². The maximum atomic E-state index is 13.5. The van der Waals surface area contributed by atoms with Crippen LogP contribution in [0.3, 0.4) is 0 Å². The van der Waals surface area contributed by atoms with Gasteiger partial charge in [-0.25, -0.2) is 4.79 Å². The smallest absolute Gasteiger partial charge is 0.409 e. The highest BCUT2D eigenvalue weighted by Gasteiger charge is 2.65. The average molecular weight is 655 g/mol. The standard InChI is InChI=1S/C37H54N2O8/c1-6-18-39(36(42)43-5)33-25-31(38-46-9-4)29-23-26(14-10-12-19-40)28(15-11-13-20-41)34-30-24-27(44-21-7-2)16-17-32(30)47-37(33,35(29)34)45-22-8-3/h7-8,16-17,23-24,26,28,33-35,40-41H,2-3,6,9-15,18-22,25H2,1,4-5H3/t26-,28+,33-,34+,35+,37+/m0/s1. The first-order chi connectivity index (χ1) is 22.9. The number of benzene rings is 1. The van der Waals surface area contributed by atoms with E-state index in [0.29, 0.717) is 50.5 Å². The predicted octanol–water partition coefficient (Wildman–Crippen LogP) is 6.38. The normalized spacial score (nSPS) is 26.7. The van der Waals surface area contributed by atoms with Crippen LogP contribution in [0.5, 0.6) is 11.5 Å². The molecule has 0 radical (unpaired) electrons. The van der Waals surface area contributed by atoms with Crippen molar-refractivity contribution in [2.24, 2.45) is 22.9 Å². The van der Waals surface area contributed by atoms with Crippen molar-refractivity contribution < 1.29 is 38.8 Å². The molecule has 0 saturated heterocycles. The van der Waals surface area contributed by atoms with Gasteiger partial charge in [0.15, 0.2) is 0 Å². The van der Waals surface area contributed by atoms with E-state index in [0.717, 1.165) is 49.0 Å². The summed E-state index contributed by atoms with van der Waals surface area (Å²) >= 11 is 0. The fourth-order valence-electron chi connectivity index (χ4n) is 7.77. The predicted molar refractivity (Wildman–Crippen MR) is 182 cm³/mol. The maximum Gasteiger partial charge on any atom is 0.409 e. The van der Waals surface area contributed by atoms with Crippen molar-refractivity contribution in [1.82, 2.24) is 4.90 Å². The van der Waals surface area contributed by atoms with Crippen LogP contribution in [0.25, 0.3) is 0 Å². The molecule has 10 nitrogen and oxygen atoms in total. The third-order valence-electron chi connectivity index (χ3n) is 9.57. The molecule has 1 heterocycles. The number of hydrogen-bond donors (Lipinski definition) is 2. The van der Waals surface area contributed by atoms with Gasteiger partial charge in [-0.3, -0.25) is 4.90 Å². The number of aliphatic hydroxyl groups excluding tert-OH is 2. The second-order valence-electron chi connectivity index (χ2n) is 12.5. The van der Waals surface area contributed by atoms with Gasteiger partial charge in [0.25, 0.3) is 0 Å². The molecule has 1 aliphatic heterocycles. The first-order valence-electron chi connectivity index (χ1n) is 17.2. The lowest BCUT2D eigenvalue weighted by Crippen LogP contribution is -2.70. The third-order valence-corrected chi connectivity index (χ3v) is 9.57. The van der Waals surface area contributed by atoms with Crippen LogP contribution in [0, 0.1) is 17.8 Å². The SMILES string of the molecule is C=CCOc1ccc2c(c1)[C@H]1[C@H](CCCCO)[C@@H](CCCCO)C=C3C(=NOCC)C[C@H](N(CCC)C(=O)OC)[C@@](OCC=C)(O2)[C@H]31. The molecule has 260 valence electrons. The summed E-state index contributed by atoms with van der Waals surface area (Å²) in [6.45, 7) is 13.4. The van der Waals surface area contributed by atoms with Gasteiger partial charge >= 0.3 is 6.09 Å². The molecule has 2 N–H and O–H groups in total. The number of oxime groups is 1. The van der Waals surface area contributed by atoms with Gasteiger partial charge in [-0.05, 0) is 74.6 Å². The quantitative estimate of drug-likeness (QED) is 0.100. The molecule has 1 amide bonds. The van der Waals surface area contributed by atoms with Crippen molar-refractivity contribution in [3.63, 3.8) is 0 Å². The molecule has 0 bridgehead atoms. The number of methoxy groups -OCH3 is 1. The summed E-state index contributed by atoms with van der Waals surface area (Å²) in [6, 6.07) is 5.32. The Bertz CT molecular complexity index is 1260. The Morgan fingerprint density at radius 3 is 2.51 bits per heavy atom.